The first kappa shape index (κ1) is 13.8. The summed E-state index contributed by atoms with van der Waals surface area (Å²) in [5.74, 6) is 1.42. The van der Waals surface area contributed by atoms with Gasteiger partial charge in [-0.05, 0) is 54.0 Å². The van der Waals surface area contributed by atoms with Crippen molar-refractivity contribution in [3.8, 4) is 11.1 Å². The Hall–Kier alpha value is -1.57. The molecule has 2 heteroatoms. The Bertz CT molecular complexity index is 806. The lowest BCUT2D eigenvalue weighted by molar-refractivity contribution is -0.155. The molecule has 2 atom stereocenters. The molecular formula is C21H19ClO. The van der Waals surface area contributed by atoms with Gasteiger partial charge in [0, 0.05) is 16.9 Å². The van der Waals surface area contributed by atoms with Gasteiger partial charge in [-0.15, -0.1) is 0 Å². The minimum atomic E-state index is -0.693. The molecule has 1 nitrogen and oxygen atoms in total. The van der Waals surface area contributed by atoms with Gasteiger partial charge in [-0.2, -0.15) is 0 Å². The average Bonchev–Trinajstić information content (AvgIpc) is 2.61. The molecule has 2 unspecified atom stereocenters. The SMILES string of the molecule is OC1(c2ccccc2-c2cccc(Cl)c2)C2CC3CC=C2C1C3. The predicted octanol–water partition coefficient (Wildman–Crippen LogP) is 5.18. The van der Waals surface area contributed by atoms with Crippen LogP contribution in [0.5, 0.6) is 0 Å². The van der Waals surface area contributed by atoms with Crippen LogP contribution in [-0.4, -0.2) is 5.11 Å². The predicted molar refractivity (Wildman–Crippen MR) is 93.2 cm³/mol. The van der Waals surface area contributed by atoms with Crippen molar-refractivity contribution in [1.29, 1.82) is 0 Å². The Labute approximate surface area is 141 Å². The van der Waals surface area contributed by atoms with Crippen LogP contribution in [0.15, 0.2) is 60.2 Å². The topological polar surface area (TPSA) is 20.2 Å². The summed E-state index contributed by atoms with van der Waals surface area (Å²) in [5.41, 5.74) is 4.10. The third-order valence-electron chi connectivity index (χ3n) is 6.19. The number of halogens is 1. The van der Waals surface area contributed by atoms with Crippen LogP contribution in [0, 0.1) is 17.8 Å². The zero-order chi connectivity index (χ0) is 15.6. The van der Waals surface area contributed by atoms with Gasteiger partial charge in [0.1, 0.15) is 5.60 Å². The van der Waals surface area contributed by atoms with Crippen LogP contribution in [0.4, 0.5) is 0 Å². The highest BCUT2D eigenvalue weighted by molar-refractivity contribution is 6.30. The number of rotatable bonds is 2. The summed E-state index contributed by atoms with van der Waals surface area (Å²) < 4.78 is 0. The van der Waals surface area contributed by atoms with Crippen molar-refractivity contribution >= 4 is 11.6 Å². The molecular weight excluding hydrogens is 304 g/mol. The largest absolute Gasteiger partial charge is 0.384 e. The molecule has 5 aliphatic carbocycles. The molecule has 0 aliphatic heterocycles. The third-order valence-corrected chi connectivity index (χ3v) is 6.42. The summed E-state index contributed by atoms with van der Waals surface area (Å²) in [6.07, 6.45) is 5.89. The first-order valence-electron chi connectivity index (χ1n) is 8.45. The highest BCUT2D eigenvalue weighted by atomic mass is 35.5. The Balaban J connectivity index is 1.65. The van der Waals surface area contributed by atoms with Crippen molar-refractivity contribution in [3.63, 3.8) is 0 Å². The minimum Gasteiger partial charge on any atom is -0.384 e. The minimum absolute atomic E-state index is 0.320. The lowest BCUT2D eigenvalue weighted by atomic mass is 9.43. The quantitative estimate of drug-likeness (QED) is 0.755. The maximum atomic E-state index is 11.6. The van der Waals surface area contributed by atoms with Gasteiger partial charge in [0.05, 0.1) is 0 Å². The molecule has 5 aliphatic rings. The maximum absolute atomic E-state index is 11.6. The summed E-state index contributed by atoms with van der Waals surface area (Å²) in [6, 6.07) is 16.2. The van der Waals surface area contributed by atoms with Gasteiger partial charge in [-0.1, -0.05) is 59.6 Å². The normalized spacial score (nSPS) is 34.0. The zero-order valence-electron chi connectivity index (χ0n) is 12.9. The Morgan fingerprint density at radius 3 is 2.48 bits per heavy atom. The van der Waals surface area contributed by atoms with E-state index in [0.29, 0.717) is 11.8 Å². The number of allylic oxidation sites excluding steroid dienone is 1. The summed E-state index contributed by atoms with van der Waals surface area (Å²) in [7, 11) is 0. The monoisotopic (exact) mass is 322 g/mol. The van der Waals surface area contributed by atoms with Gasteiger partial charge in [-0.25, -0.2) is 0 Å². The molecule has 4 bridgehead atoms. The summed E-state index contributed by atoms with van der Waals surface area (Å²) in [6.45, 7) is 0. The van der Waals surface area contributed by atoms with E-state index in [9.17, 15) is 5.11 Å². The highest BCUT2D eigenvalue weighted by Crippen LogP contribution is 2.67. The van der Waals surface area contributed by atoms with E-state index in [1.807, 2.05) is 30.3 Å². The van der Waals surface area contributed by atoms with E-state index in [1.165, 1.54) is 12.0 Å². The Morgan fingerprint density at radius 2 is 1.78 bits per heavy atom. The molecule has 23 heavy (non-hydrogen) atoms. The van der Waals surface area contributed by atoms with Gasteiger partial charge in [-0.3, -0.25) is 0 Å². The van der Waals surface area contributed by atoms with Crippen LogP contribution in [-0.2, 0) is 5.60 Å². The fraction of sp³-hybridized carbons (Fsp3) is 0.333. The van der Waals surface area contributed by atoms with Crippen molar-refractivity contribution in [2.24, 2.45) is 17.8 Å². The fourth-order valence-electron chi connectivity index (χ4n) is 5.19. The number of hydrogen-bond acceptors (Lipinski definition) is 1. The van der Waals surface area contributed by atoms with Crippen molar-refractivity contribution < 1.29 is 5.11 Å². The van der Waals surface area contributed by atoms with Gasteiger partial charge in [0.2, 0.25) is 0 Å². The number of fused-ring (bicyclic) bond motifs is 1. The van der Waals surface area contributed by atoms with E-state index in [1.54, 1.807) is 0 Å². The highest BCUT2D eigenvalue weighted by Gasteiger charge is 2.63. The summed E-state index contributed by atoms with van der Waals surface area (Å²) in [4.78, 5) is 0. The zero-order valence-corrected chi connectivity index (χ0v) is 13.6. The van der Waals surface area contributed by atoms with Gasteiger partial charge < -0.3 is 5.11 Å². The lowest BCUT2D eigenvalue weighted by Gasteiger charge is -2.63. The molecule has 0 aromatic heterocycles. The van der Waals surface area contributed by atoms with E-state index >= 15 is 0 Å². The summed E-state index contributed by atoms with van der Waals surface area (Å²) >= 11 is 6.18. The Kier molecular flexibility index (Phi) is 2.84. The molecule has 0 spiro atoms. The molecule has 3 fully saturated rings. The van der Waals surface area contributed by atoms with E-state index < -0.39 is 5.60 Å². The molecule has 116 valence electrons. The second-order valence-corrected chi connectivity index (χ2v) is 7.70. The van der Waals surface area contributed by atoms with Crippen molar-refractivity contribution in [1.82, 2.24) is 0 Å². The van der Waals surface area contributed by atoms with E-state index in [-0.39, 0.29) is 0 Å². The van der Waals surface area contributed by atoms with Crippen molar-refractivity contribution in [2.75, 3.05) is 0 Å². The summed E-state index contributed by atoms with van der Waals surface area (Å²) in [5, 5.41) is 12.4. The molecule has 0 saturated heterocycles. The van der Waals surface area contributed by atoms with Gasteiger partial charge in [0.15, 0.2) is 0 Å². The molecule has 0 heterocycles. The van der Waals surface area contributed by atoms with E-state index in [4.69, 9.17) is 11.6 Å². The van der Waals surface area contributed by atoms with Gasteiger partial charge in [0.25, 0.3) is 0 Å². The smallest absolute Gasteiger partial charge is 0.103 e. The van der Waals surface area contributed by atoms with Crippen molar-refractivity contribution in [2.45, 2.75) is 24.9 Å². The molecule has 3 saturated carbocycles. The number of benzene rings is 2. The van der Waals surface area contributed by atoms with Crippen LogP contribution in [0.3, 0.4) is 0 Å². The van der Waals surface area contributed by atoms with Crippen LogP contribution in [0.25, 0.3) is 11.1 Å². The van der Waals surface area contributed by atoms with E-state index in [0.717, 1.165) is 40.5 Å². The third kappa shape index (κ3) is 1.78. The van der Waals surface area contributed by atoms with Crippen LogP contribution in [0.2, 0.25) is 5.02 Å². The van der Waals surface area contributed by atoms with Crippen LogP contribution >= 0.6 is 11.6 Å². The first-order chi connectivity index (χ1) is 11.2. The number of hydrogen-bond donors (Lipinski definition) is 1. The molecule has 0 radical (unpaired) electrons. The fourth-order valence-corrected chi connectivity index (χ4v) is 5.38. The number of aliphatic hydroxyl groups is 1. The second kappa shape index (κ2) is 4.72. The second-order valence-electron chi connectivity index (χ2n) is 7.26. The Morgan fingerprint density at radius 1 is 1.00 bits per heavy atom. The van der Waals surface area contributed by atoms with E-state index in [2.05, 4.69) is 24.3 Å². The van der Waals surface area contributed by atoms with Crippen LogP contribution in [0.1, 0.15) is 24.8 Å². The molecule has 1 N–H and O–H groups in total. The molecule has 0 amide bonds. The van der Waals surface area contributed by atoms with Gasteiger partial charge >= 0.3 is 0 Å². The van der Waals surface area contributed by atoms with Crippen LogP contribution < -0.4 is 0 Å². The molecule has 7 rings (SSSR count). The standard InChI is InChI=1S/C21H19ClO/c22-15-5-3-4-14(12-15)16-6-1-2-7-18(16)21(23)19-10-13-8-9-17(19)20(21)11-13/h1-7,9,12-13,19-20,23H,8,10-11H2. The molecule has 2 aromatic rings. The molecule has 2 aromatic carbocycles. The lowest BCUT2D eigenvalue weighted by Crippen LogP contribution is -2.61. The average molecular weight is 323 g/mol. The maximum Gasteiger partial charge on any atom is 0.103 e. The first-order valence-corrected chi connectivity index (χ1v) is 8.83. The van der Waals surface area contributed by atoms with Crippen molar-refractivity contribution in [3.05, 3.63) is 70.8 Å².